The molecule has 3 amide bonds. The first-order chi connectivity index (χ1) is 11.5. The smallest absolute Gasteiger partial charge is 0.321 e. The predicted molar refractivity (Wildman–Crippen MR) is 96.0 cm³/mol. The molecule has 6 heteroatoms. The van der Waals surface area contributed by atoms with Crippen LogP contribution in [0.25, 0.3) is 0 Å². The molecule has 1 aromatic carbocycles. The molecule has 6 nitrogen and oxygen atoms in total. The summed E-state index contributed by atoms with van der Waals surface area (Å²) in [4.78, 5) is 29.9. The molecule has 0 unspecified atom stereocenters. The highest BCUT2D eigenvalue weighted by molar-refractivity contribution is 5.90. The van der Waals surface area contributed by atoms with E-state index >= 15 is 0 Å². The topological polar surface area (TPSA) is 55.9 Å². The quantitative estimate of drug-likeness (QED) is 0.857. The van der Waals surface area contributed by atoms with Crippen molar-refractivity contribution in [1.29, 1.82) is 0 Å². The Balaban J connectivity index is 1.79. The van der Waals surface area contributed by atoms with E-state index in [1.807, 2.05) is 56.3 Å². The van der Waals surface area contributed by atoms with Gasteiger partial charge in [0.1, 0.15) is 0 Å². The Morgan fingerprint density at radius 1 is 1.08 bits per heavy atom. The molecule has 1 aliphatic rings. The number of carbonyl (C=O) groups excluding carboxylic acids is 2. The number of amides is 3. The van der Waals surface area contributed by atoms with E-state index in [4.69, 9.17) is 0 Å². The molecule has 0 aromatic heterocycles. The number of hydrogen-bond donors (Lipinski definition) is 1. The van der Waals surface area contributed by atoms with Crippen LogP contribution in [0.4, 0.5) is 10.5 Å². The highest BCUT2D eigenvalue weighted by Crippen LogP contribution is 2.11. The lowest BCUT2D eigenvalue weighted by Gasteiger charge is -2.34. The minimum atomic E-state index is -0.117. The molecule has 1 N–H and O–H groups in total. The molecule has 1 aliphatic heterocycles. The molecule has 1 aromatic rings. The van der Waals surface area contributed by atoms with Gasteiger partial charge in [0.15, 0.2) is 0 Å². The van der Waals surface area contributed by atoms with Crippen LogP contribution in [0.5, 0.6) is 0 Å². The molecule has 1 heterocycles. The second kappa shape index (κ2) is 8.49. The van der Waals surface area contributed by atoms with Crippen molar-refractivity contribution in [1.82, 2.24) is 14.7 Å². The van der Waals surface area contributed by atoms with Crippen molar-refractivity contribution in [3.8, 4) is 0 Å². The maximum absolute atomic E-state index is 12.3. The van der Waals surface area contributed by atoms with E-state index in [0.29, 0.717) is 26.2 Å². The maximum Gasteiger partial charge on any atom is 0.321 e. The fourth-order valence-corrected chi connectivity index (χ4v) is 2.44. The fraction of sp³-hybridized carbons (Fsp3) is 0.444. The summed E-state index contributed by atoms with van der Waals surface area (Å²) in [5.41, 5.74) is 1.94. The summed E-state index contributed by atoms with van der Waals surface area (Å²) >= 11 is 0. The van der Waals surface area contributed by atoms with Crippen LogP contribution >= 0.6 is 0 Å². The van der Waals surface area contributed by atoms with Crippen LogP contribution in [0, 0.1) is 6.92 Å². The third kappa shape index (κ3) is 5.38. The van der Waals surface area contributed by atoms with Crippen LogP contribution in [0.3, 0.4) is 0 Å². The van der Waals surface area contributed by atoms with E-state index in [-0.39, 0.29) is 11.9 Å². The van der Waals surface area contributed by atoms with Crippen LogP contribution in [-0.4, -0.2) is 73.5 Å². The SMILES string of the molecule is Cc1ccc(NC(=O)N2CCN(C(=O)/C=C/CN(C)C)CC2)cc1. The zero-order valence-electron chi connectivity index (χ0n) is 14.7. The molecule has 0 spiro atoms. The second-order valence-electron chi connectivity index (χ2n) is 6.27. The highest BCUT2D eigenvalue weighted by Gasteiger charge is 2.23. The van der Waals surface area contributed by atoms with E-state index < -0.39 is 0 Å². The van der Waals surface area contributed by atoms with Crippen molar-refractivity contribution in [3.63, 3.8) is 0 Å². The van der Waals surface area contributed by atoms with Gasteiger partial charge in [-0.3, -0.25) is 4.79 Å². The number of piperazine rings is 1. The van der Waals surface area contributed by atoms with Crippen LogP contribution < -0.4 is 5.32 Å². The summed E-state index contributed by atoms with van der Waals surface area (Å²) in [7, 11) is 3.92. The monoisotopic (exact) mass is 330 g/mol. The molecular weight excluding hydrogens is 304 g/mol. The van der Waals surface area contributed by atoms with Gasteiger partial charge in [-0.1, -0.05) is 23.8 Å². The fourth-order valence-electron chi connectivity index (χ4n) is 2.44. The number of likely N-dealkylation sites (N-methyl/N-ethyl adjacent to an activating group) is 1. The van der Waals surface area contributed by atoms with E-state index in [2.05, 4.69) is 5.32 Å². The number of hydrogen-bond acceptors (Lipinski definition) is 3. The minimum absolute atomic E-state index is 0.00967. The van der Waals surface area contributed by atoms with Crippen molar-refractivity contribution < 1.29 is 9.59 Å². The molecule has 0 bridgehead atoms. The molecule has 0 atom stereocenters. The Hall–Kier alpha value is -2.34. The Morgan fingerprint density at radius 2 is 1.67 bits per heavy atom. The summed E-state index contributed by atoms with van der Waals surface area (Å²) in [6, 6.07) is 7.60. The first-order valence-electron chi connectivity index (χ1n) is 8.18. The number of urea groups is 1. The Morgan fingerprint density at radius 3 is 2.25 bits per heavy atom. The zero-order valence-corrected chi connectivity index (χ0v) is 14.7. The summed E-state index contributed by atoms with van der Waals surface area (Å²) in [6.45, 7) is 4.97. The maximum atomic E-state index is 12.3. The van der Waals surface area contributed by atoms with E-state index in [1.54, 1.807) is 15.9 Å². The molecule has 0 saturated carbocycles. The number of anilines is 1. The van der Waals surface area contributed by atoms with Crippen molar-refractivity contribution >= 4 is 17.6 Å². The van der Waals surface area contributed by atoms with Gasteiger partial charge in [0.2, 0.25) is 5.91 Å². The molecule has 0 aliphatic carbocycles. The number of benzene rings is 1. The number of nitrogens with zero attached hydrogens (tertiary/aromatic N) is 3. The first-order valence-corrected chi connectivity index (χ1v) is 8.18. The van der Waals surface area contributed by atoms with E-state index in [9.17, 15) is 9.59 Å². The average Bonchev–Trinajstić information content (AvgIpc) is 2.56. The summed E-state index contributed by atoms with van der Waals surface area (Å²) in [6.07, 6.45) is 3.47. The molecule has 0 radical (unpaired) electrons. The first kappa shape index (κ1) is 18.0. The number of nitrogens with one attached hydrogen (secondary N) is 1. The van der Waals surface area contributed by atoms with Gasteiger partial charge >= 0.3 is 6.03 Å². The molecular formula is C18H26N4O2. The normalized spacial score (nSPS) is 15.2. The summed E-state index contributed by atoms with van der Waals surface area (Å²) in [5, 5.41) is 2.89. The van der Waals surface area contributed by atoms with Gasteiger partial charge in [0.05, 0.1) is 0 Å². The Labute approximate surface area is 143 Å². The number of carbonyl (C=O) groups is 2. The molecule has 130 valence electrons. The molecule has 24 heavy (non-hydrogen) atoms. The van der Waals surface area contributed by atoms with Gasteiger partial charge in [-0.2, -0.15) is 0 Å². The molecule has 1 saturated heterocycles. The van der Waals surface area contributed by atoms with Crippen molar-refractivity contribution in [3.05, 3.63) is 42.0 Å². The van der Waals surface area contributed by atoms with Gasteiger partial charge in [0, 0.05) is 44.5 Å². The Bertz CT molecular complexity index is 588. The van der Waals surface area contributed by atoms with Crippen molar-refractivity contribution in [2.45, 2.75) is 6.92 Å². The van der Waals surface area contributed by atoms with Crippen LogP contribution in [-0.2, 0) is 4.79 Å². The Kier molecular flexibility index (Phi) is 6.37. The largest absolute Gasteiger partial charge is 0.336 e. The van der Waals surface area contributed by atoms with Crippen molar-refractivity contribution in [2.75, 3.05) is 52.1 Å². The highest BCUT2D eigenvalue weighted by atomic mass is 16.2. The lowest BCUT2D eigenvalue weighted by molar-refractivity contribution is -0.127. The standard InChI is InChI=1S/C18H26N4O2/c1-15-6-8-16(9-7-15)19-18(24)22-13-11-21(12-14-22)17(23)5-4-10-20(2)3/h4-9H,10-14H2,1-3H3,(H,19,24)/b5-4+. The van der Waals surface area contributed by atoms with Crippen molar-refractivity contribution in [2.24, 2.45) is 0 Å². The average molecular weight is 330 g/mol. The van der Waals surface area contributed by atoms with E-state index in [0.717, 1.165) is 17.8 Å². The van der Waals surface area contributed by atoms with Crippen LogP contribution in [0.1, 0.15) is 5.56 Å². The van der Waals surface area contributed by atoms with E-state index in [1.165, 1.54) is 0 Å². The minimum Gasteiger partial charge on any atom is -0.336 e. The van der Waals surface area contributed by atoms with Gasteiger partial charge in [0.25, 0.3) is 0 Å². The third-order valence-corrected chi connectivity index (χ3v) is 3.91. The summed E-state index contributed by atoms with van der Waals surface area (Å²) in [5.74, 6) is 0.00967. The lowest BCUT2D eigenvalue weighted by atomic mass is 10.2. The molecule has 2 rings (SSSR count). The lowest BCUT2D eigenvalue weighted by Crippen LogP contribution is -2.51. The number of aryl methyl sites for hydroxylation is 1. The zero-order chi connectivity index (χ0) is 17.5. The van der Waals surface area contributed by atoms with Gasteiger partial charge < -0.3 is 20.0 Å². The second-order valence-corrected chi connectivity index (χ2v) is 6.27. The predicted octanol–water partition coefficient (Wildman–Crippen LogP) is 1.79. The van der Waals surface area contributed by atoms with Gasteiger partial charge in [-0.15, -0.1) is 0 Å². The third-order valence-electron chi connectivity index (χ3n) is 3.91. The molecule has 1 fully saturated rings. The van der Waals surface area contributed by atoms with Crippen LogP contribution in [0.15, 0.2) is 36.4 Å². The summed E-state index contributed by atoms with van der Waals surface area (Å²) < 4.78 is 0. The van der Waals surface area contributed by atoms with Gasteiger partial charge in [-0.05, 0) is 33.2 Å². The number of rotatable bonds is 4. The van der Waals surface area contributed by atoms with Gasteiger partial charge in [-0.25, -0.2) is 4.79 Å². The van der Waals surface area contributed by atoms with Crippen LogP contribution in [0.2, 0.25) is 0 Å².